The van der Waals surface area contributed by atoms with Crippen molar-refractivity contribution in [3.8, 4) is 0 Å². The molecule has 4 aliphatic rings. The number of rotatable bonds is 1. The minimum atomic E-state index is 0.130. The highest BCUT2D eigenvalue weighted by molar-refractivity contribution is 6.01. The molecule has 4 aliphatic carbocycles. The third-order valence-corrected chi connectivity index (χ3v) is 8.68. The molecule has 0 radical (unpaired) electrons. The highest BCUT2D eigenvalue weighted by Gasteiger charge is 2.61. The Morgan fingerprint density at radius 3 is 2.61 bits per heavy atom. The predicted octanol–water partition coefficient (Wildman–Crippen LogP) is 5.49. The molecule has 2 unspecified atom stereocenters. The van der Waals surface area contributed by atoms with E-state index in [0.717, 1.165) is 24.2 Å². The van der Waals surface area contributed by atoms with Crippen LogP contribution in [0.15, 0.2) is 36.5 Å². The van der Waals surface area contributed by atoms with Crippen molar-refractivity contribution in [3.05, 3.63) is 36.5 Å². The monoisotopic (exact) mass is 310 g/mol. The molecule has 3 saturated carbocycles. The zero-order chi connectivity index (χ0) is 16.5. The maximum atomic E-state index is 11.8. The van der Waals surface area contributed by atoms with Gasteiger partial charge < -0.3 is 0 Å². The highest BCUT2D eigenvalue weighted by atomic mass is 16.1. The van der Waals surface area contributed by atoms with Gasteiger partial charge >= 0.3 is 0 Å². The lowest BCUT2D eigenvalue weighted by atomic mass is 9.46. The molecule has 1 heteroatoms. The van der Waals surface area contributed by atoms with E-state index in [1.807, 2.05) is 12.2 Å². The summed E-state index contributed by atoms with van der Waals surface area (Å²) in [6.45, 7) is 11.6. The first-order valence-electron chi connectivity index (χ1n) is 9.42. The molecule has 0 aliphatic heterocycles. The lowest BCUT2D eigenvalue weighted by molar-refractivity contribution is -0.111. The van der Waals surface area contributed by atoms with E-state index in [1.54, 1.807) is 0 Å². The van der Waals surface area contributed by atoms with Crippen LogP contribution in [-0.2, 0) is 4.79 Å². The summed E-state index contributed by atoms with van der Waals surface area (Å²) in [7, 11) is 0. The Balaban J connectivity index is 1.71. The number of hydrogen-bond donors (Lipinski definition) is 0. The molecule has 0 amide bonds. The predicted molar refractivity (Wildman–Crippen MR) is 94.9 cm³/mol. The standard InChI is InChI=1S/C22H30O/c1-5-20(2)11-9-19-17-7-6-15-14-16(23)8-12-21(15,3)18(17)10-13-22(19,20)4/h5,8,12,14,17-19H,1,6-7,9-11,13H2,2-4H3/t17?,18-,19-,20?,21-,22-/m0/s1. The fraction of sp³-hybridized carbons (Fsp3) is 0.682. The van der Waals surface area contributed by atoms with Gasteiger partial charge in [0.1, 0.15) is 0 Å². The van der Waals surface area contributed by atoms with E-state index in [2.05, 4.69) is 39.5 Å². The number of ketones is 1. The summed E-state index contributed by atoms with van der Waals surface area (Å²) in [4.78, 5) is 11.8. The van der Waals surface area contributed by atoms with Crippen molar-refractivity contribution >= 4 is 5.78 Å². The van der Waals surface area contributed by atoms with Crippen molar-refractivity contribution in [2.24, 2.45) is 34.0 Å². The van der Waals surface area contributed by atoms with Crippen LogP contribution >= 0.6 is 0 Å². The summed E-state index contributed by atoms with van der Waals surface area (Å²) in [5.41, 5.74) is 2.25. The van der Waals surface area contributed by atoms with E-state index in [4.69, 9.17) is 0 Å². The van der Waals surface area contributed by atoms with Crippen molar-refractivity contribution in [2.75, 3.05) is 0 Å². The molecule has 0 aromatic carbocycles. The summed E-state index contributed by atoms with van der Waals surface area (Å²) in [5, 5.41) is 0. The van der Waals surface area contributed by atoms with E-state index in [0.29, 0.717) is 10.8 Å². The molecular formula is C22H30O. The Bertz CT molecular complexity index is 626. The molecule has 3 fully saturated rings. The van der Waals surface area contributed by atoms with Crippen molar-refractivity contribution < 1.29 is 4.79 Å². The second-order valence-corrected chi connectivity index (χ2v) is 9.22. The Labute approximate surface area is 140 Å². The fourth-order valence-corrected chi connectivity index (χ4v) is 6.84. The first-order chi connectivity index (χ1) is 10.8. The third kappa shape index (κ3) is 1.83. The summed E-state index contributed by atoms with van der Waals surface area (Å²) in [6.07, 6.45) is 15.9. The summed E-state index contributed by atoms with van der Waals surface area (Å²) < 4.78 is 0. The Morgan fingerprint density at radius 1 is 1.13 bits per heavy atom. The molecule has 0 bridgehead atoms. The summed E-state index contributed by atoms with van der Waals surface area (Å²) in [6, 6.07) is 0. The second kappa shape index (κ2) is 4.71. The van der Waals surface area contributed by atoms with Gasteiger partial charge in [-0.1, -0.05) is 38.5 Å². The van der Waals surface area contributed by atoms with E-state index in [9.17, 15) is 4.79 Å². The number of allylic oxidation sites excluding steroid dienone is 5. The zero-order valence-corrected chi connectivity index (χ0v) is 14.9. The SMILES string of the molecule is C=CC1(C)CC[C@H]2C3CCC4=CC(=O)C=C[C@]4(C)[C@H]3CC[C@@]21C. The van der Waals surface area contributed by atoms with Gasteiger partial charge in [0.05, 0.1) is 0 Å². The molecule has 0 spiro atoms. The lowest BCUT2D eigenvalue weighted by Gasteiger charge is -2.58. The lowest BCUT2D eigenvalue weighted by Crippen LogP contribution is -2.51. The van der Waals surface area contributed by atoms with Crippen LogP contribution in [0.3, 0.4) is 0 Å². The quantitative estimate of drug-likeness (QED) is 0.586. The average Bonchev–Trinajstić information content (AvgIpc) is 2.80. The van der Waals surface area contributed by atoms with Crippen LogP contribution in [-0.4, -0.2) is 5.78 Å². The van der Waals surface area contributed by atoms with Gasteiger partial charge in [0.25, 0.3) is 0 Å². The molecule has 0 N–H and O–H groups in total. The van der Waals surface area contributed by atoms with Crippen molar-refractivity contribution in [1.29, 1.82) is 0 Å². The first kappa shape index (κ1) is 15.4. The van der Waals surface area contributed by atoms with Crippen LogP contribution < -0.4 is 0 Å². The highest BCUT2D eigenvalue weighted by Crippen LogP contribution is 2.69. The van der Waals surface area contributed by atoms with Crippen LogP contribution in [0.25, 0.3) is 0 Å². The van der Waals surface area contributed by atoms with Crippen molar-refractivity contribution in [3.63, 3.8) is 0 Å². The van der Waals surface area contributed by atoms with Crippen molar-refractivity contribution in [2.45, 2.75) is 59.3 Å². The Hall–Kier alpha value is -1.11. The molecule has 124 valence electrons. The van der Waals surface area contributed by atoms with E-state index >= 15 is 0 Å². The van der Waals surface area contributed by atoms with Crippen LogP contribution in [0, 0.1) is 34.0 Å². The van der Waals surface area contributed by atoms with E-state index in [-0.39, 0.29) is 11.2 Å². The summed E-state index contributed by atoms with van der Waals surface area (Å²) >= 11 is 0. The van der Waals surface area contributed by atoms with E-state index < -0.39 is 0 Å². The first-order valence-corrected chi connectivity index (χ1v) is 9.42. The molecule has 0 aromatic rings. The minimum absolute atomic E-state index is 0.130. The topological polar surface area (TPSA) is 17.1 Å². The zero-order valence-electron chi connectivity index (χ0n) is 14.9. The largest absolute Gasteiger partial charge is 0.290 e. The van der Waals surface area contributed by atoms with E-state index in [1.165, 1.54) is 37.7 Å². The molecule has 0 heterocycles. The maximum absolute atomic E-state index is 11.8. The molecule has 1 nitrogen and oxygen atoms in total. The normalized spacial score (nSPS) is 51.5. The van der Waals surface area contributed by atoms with Crippen LogP contribution in [0.5, 0.6) is 0 Å². The van der Waals surface area contributed by atoms with Gasteiger partial charge in [0, 0.05) is 5.41 Å². The van der Waals surface area contributed by atoms with Gasteiger partial charge in [0.2, 0.25) is 0 Å². The number of carbonyl (C=O) groups excluding carboxylic acids is 1. The van der Waals surface area contributed by atoms with Crippen LogP contribution in [0.1, 0.15) is 59.3 Å². The van der Waals surface area contributed by atoms with Crippen molar-refractivity contribution in [1.82, 2.24) is 0 Å². The van der Waals surface area contributed by atoms with Gasteiger partial charge in [-0.2, -0.15) is 0 Å². The Kier molecular flexibility index (Phi) is 3.16. The average molecular weight is 310 g/mol. The van der Waals surface area contributed by atoms with Gasteiger partial charge in [-0.25, -0.2) is 0 Å². The molecule has 0 saturated heterocycles. The van der Waals surface area contributed by atoms with Gasteiger partial charge in [-0.3, -0.25) is 4.79 Å². The van der Waals surface area contributed by atoms with Gasteiger partial charge in [-0.05, 0) is 79.3 Å². The van der Waals surface area contributed by atoms with Crippen LogP contribution in [0.2, 0.25) is 0 Å². The van der Waals surface area contributed by atoms with Gasteiger partial charge in [-0.15, -0.1) is 6.58 Å². The molecule has 23 heavy (non-hydrogen) atoms. The number of fused-ring (bicyclic) bond motifs is 5. The van der Waals surface area contributed by atoms with Gasteiger partial charge in [0.15, 0.2) is 5.78 Å². The molecule has 4 rings (SSSR count). The third-order valence-electron chi connectivity index (χ3n) is 8.68. The Morgan fingerprint density at radius 2 is 1.87 bits per heavy atom. The maximum Gasteiger partial charge on any atom is 0.178 e. The molecular weight excluding hydrogens is 280 g/mol. The second-order valence-electron chi connectivity index (χ2n) is 9.22. The smallest absolute Gasteiger partial charge is 0.178 e. The fourth-order valence-electron chi connectivity index (χ4n) is 6.84. The minimum Gasteiger partial charge on any atom is -0.290 e. The van der Waals surface area contributed by atoms with Crippen LogP contribution in [0.4, 0.5) is 0 Å². The number of carbonyl (C=O) groups is 1. The number of hydrogen-bond acceptors (Lipinski definition) is 1. The summed E-state index contributed by atoms with van der Waals surface area (Å²) in [5.74, 6) is 2.55. The molecule has 0 aromatic heterocycles. The molecule has 6 atom stereocenters.